The highest BCUT2D eigenvalue weighted by atomic mass is 19.4. The van der Waals surface area contributed by atoms with E-state index in [1.54, 1.807) is 53.4 Å². The zero-order chi connectivity index (χ0) is 37.4. The number of piperidine rings is 1. The molecule has 2 fully saturated rings. The number of likely N-dealkylation sites (tertiary alicyclic amines) is 2. The Balaban J connectivity index is 1.43. The molecule has 0 saturated carbocycles. The average Bonchev–Trinajstić information content (AvgIpc) is 3.40. The molecule has 1 amide bonds. The van der Waals surface area contributed by atoms with E-state index in [2.05, 4.69) is 0 Å². The number of ether oxygens (including phenoxy) is 2. The zero-order valence-corrected chi connectivity index (χ0v) is 27.8. The predicted molar refractivity (Wildman–Crippen MR) is 171 cm³/mol. The fourth-order valence-corrected chi connectivity index (χ4v) is 7.00. The SMILES string of the molecule is COc1cc(CN2CCC(F)(F)C2)cc(OC)c1-c1cccc2c(C[C@H](NC(=O)C3(C(F)(F)F)CCN(CC(F)(F)F)CC3)C(=O)O)cccc12. The van der Waals surface area contributed by atoms with Gasteiger partial charge in [0.05, 0.1) is 32.9 Å². The Kier molecular flexibility index (Phi) is 10.8. The molecule has 2 saturated heterocycles. The minimum absolute atomic E-state index is 0.223. The Morgan fingerprint density at radius 3 is 2.00 bits per heavy atom. The molecule has 2 N–H and O–H groups in total. The minimum atomic E-state index is -5.15. The number of fused-ring (bicyclic) bond motifs is 1. The highest BCUT2D eigenvalue weighted by molar-refractivity contribution is 6.01. The third-order valence-electron chi connectivity index (χ3n) is 9.62. The van der Waals surface area contributed by atoms with E-state index >= 15 is 0 Å². The average molecular weight is 732 g/mol. The van der Waals surface area contributed by atoms with Crippen molar-refractivity contribution in [2.75, 3.05) is 46.9 Å². The van der Waals surface area contributed by atoms with E-state index in [0.29, 0.717) is 44.5 Å². The molecule has 1 atom stereocenters. The maximum Gasteiger partial charge on any atom is 0.403 e. The number of carbonyl (C=O) groups excluding carboxylic acids is 1. The second-order valence-corrected chi connectivity index (χ2v) is 13.0. The standard InChI is InChI=1S/C35H37F8N3O5/c1-50-27-15-21(18-46-14-11-33(36,37)19-46)16-28(51-2)29(27)25-8-4-6-23-22(5-3-7-24(23)25)17-26(30(47)48)44-31(49)32(35(41,42)43)9-12-45(13-10-32)20-34(38,39)40/h3-8,15-16,26H,9-14,17-20H2,1-2H3,(H,44,49)(H,47,48)/t26-/m0/s1. The van der Waals surface area contributed by atoms with Gasteiger partial charge in [-0.05, 0) is 65.5 Å². The number of rotatable bonds is 11. The number of amides is 1. The van der Waals surface area contributed by atoms with Crippen LogP contribution in [0.5, 0.6) is 11.5 Å². The number of benzene rings is 3. The summed E-state index contributed by atoms with van der Waals surface area (Å²) in [4.78, 5) is 28.0. The van der Waals surface area contributed by atoms with Gasteiger partial charge in [0.2, 0.25) is 5.91 Å². The highest BCUT2D eigenvalue weighted by Gasteiger charge is 2.61. The number of carboxylic acid groups (broad SMARTS) is 1. The topological polar surface area (TPSA) is 91.3 Å². The number of hydrogen-bond acceptors (Lipinski definition) is 6. The smallest absolute Gasteiger partial charge is 0.403 e. The number of methoxy groups -OCH3 is 2. The van der Waals surface area contributed by atoms with E-state index in [1.807, 2.05) is 5.32 Å². The lowest BCUT2D eigenvalue weighted by Crippen LogP contribution is -2.59. The summed E-state index contributed by atoms with van der Waals surface area (Å²) < 4.78 is 121. The Morgan fingerprint density at radius 2 is 1.47 bits per heavy atom. The van der Waals surface area contributed by atoms with Gasteiger partial charge >= 0.3 is 18.3 Å². The van der Waals surface area contributed by atoms with Crippen LogP contribution in [0.25, 0.3) is 21.9 Å². The molecule has 2 aliphatic heterocycles. The first-order valence-corrected chi connectivity index (χ1v) is 16.1. The van der Waals surface area contributed by atoms with Crippen molar-refractivity contribution in [3.8, 4) is 22.6 Å². The molecule has 0 unspecified atom stereocenters. The molecule has 2 heterocycles. The van der Waals surface area contributed by atoms with E-state index in [0.717, 1.165) is 4.90 Å². The maximum atomic E-state index is 14.4. The maximum absolute atomic E-state index is 14.4. The van der Waals surface area contributed by atoms with Crippen molar-refractivity contribution in [1.82, 2.24) is 15.1 Å². The van der Waals surface area contributed by atoms with Crippen LogP contribution in [-0.2, 0) is 22.6 Å². The molecule has 0 bridgehead atoms. The van der Waals surface area contributed by atoms with Crippen LogP contribution in [0, 0.1) is 5.41 Å². The van der Waals surface area contributed by atoms with Gasteiger partial charge in [0.1, 0.15) is 23.0 Å². The van der Waals surface area contributed by atoms with Crippen LogP contribution in [-0.4, -0.2) is 98.0 Å². The number of alkyl halides is 8. The van der Waals surface area contributed by atoms with Gasteiger partial charge in [0, 0.05) is 25.9 Å². The van der Waals surface area contributed by atoms with Crippen molar-refractivity contribution < 1.29 is 59.3 Å². The molecule has 51 heavy (non-hydrogen) atoms. The lowest BCUT2D eigenvalue weighted by atomic mass is 9.76. The second-order valence-electron chi connectivity index (χ2n) is 13.0. The molecule has 3 aromatic carbocycles. The van der Waals surface area contributed by atoms with Gasteiger partial charge in [-0.1, -0.05) is 36.4 Å². The van der Waals surface area contributed by atoms with E-state index in [-0.39, 0.29) is 26.1 Å². The number of carboxylic acids is 1. The van der Waals surface area contributed by atoms with Crippen LogP contribution in [0.15, 0.2) is 48.5 Å². The zero-order valence-electron chi connectivity index (χ0n) is 27.8. The molecule has 0 spiro atoms. The molecule has 16 heteroatoms. The van der Waals surface area contributed by atoms with Gasteiger partial charge in [0.25, 0.3) is 5.92 Å². The van der Waals surface area contributed by atoms with Crippen molar-refractivity contribution in [2.24, 2.45) is 5.41 Å². The van der Waals surface area contributed by atoms with Crippen LogP contribution in [0.3, 0.4) is 0 Å². The Labute approximate surface area is 288 Å². The van der Waals surface area contributed by atoms with Gasteiger partial charge in [-0.25, -0.2) is 13.6 Å². The molecule has 278 valence electrons. The number of aliphatic carboxylic acids is 1. The fourth-order valence-electron chi connectivity index (χ4n) is 7.00. The van der Waals surface area contributed by atoms with Crippen LogP contribution in [0.4, 0.5) is 35.1 Å². The van der Waals surface area contributed by atoms with Crippen molar-refractivity contribution in [3.05, 3.63) is 59.7 Å². The number of nitrogens with zero attached hydrogens (tertiary/aromatic N) is 2. The Bertz CT molecular complexity index is 1730. The molecule has 3 aromatic rings. The molecule has 2 aliphatic rings. The van der Waals surface area contributed by atoms with E-state index in [9.17, 15) is 49.8 Å². The minimum Gasteiger partial charge on any atom is -0.496 e. The van der Waals surface area contributed by atoms with Gasteiger partial charge in [-0.3, -0.25) is 14.6 Å². The van der Waals surface area contributed by atoms with Gasteiger partial charge in [0.15, 0.2) is 0 Å². The number of hydrogen-bond donors (Lipinski definition) is 2. The summed E-state index contributed by atoms with van der Waals surface area (Å²) in [6, 6.07) is 11.7. The van der Waals surface area contributed by atoms with Gasteiger partial charge in [-0.15, -0.1) is 0 Å². The van der Waals surface area contributed by atoms with E-state index in [1.165, 1.54) is 14.2 Å². The number of carbonyl (C=O) groups is 2. The quantitative estimate of drug-likeness (QED) is 0.213. The predicted octanol–water partition coefficient (Wildman–Crippen LogP) is 6.68. The lowest BCUT2D eigenvalue weighted by molar-refractivity contribution is -0.236. The first-order valence-electron chi connectivity index (χ1n) is 16.1. The first kappa shape index (κ1) is 38.1. The van der Waals surface area contributed by atoms with Gasteiger partial charge < -0.3 is 19.9 Å². The fraction of sp³-hybridized carbons (Fsp3) is 0.486. The summed E-state index contributed by atoms with van der Waals surface area (Å²) in [5.41, 5.74) is -0.893. The summed E-state index contributed by atoms with van der Waals surface area (Å²) in [5, 5.41) is 13.2. The number of halogens is 8. The molecular weight excluding hydrogens is 694 g/mol. The molecular formula is C35H37F8N3O5. The lowest BCUT2D eigenvalue weighted by Gasteiger charge is -2.42. The molecule has 0 aliphatic carbocycles. The molecule has 8 nitrogen and oxygen atoms in total. The van der Waals surface area contributed by atoms with Gasteiger partial charge in [-0.2, -0.15) is 26.3 Å². The Morgan fingerprint density at radius 1 is 0.882 bits per heavy atom. The number of nitrogens with one attached hydrogen (secondary N) is 1. The summed E-state index contributed by atoms with van der Waals surface area (Å²) in [6.07, 6.45) is -12.4. The third kappa shape index (κ3) is 8.32. The third-order valence-corrected chi connectivity index (χ3v) is 9.62. The first-order chi connectivity index (χ1) is 23.9. The highest BCUT2D eigenvalue weighted by Crippen LogP contribution is 2.47. The largest absolute Gasteiger partial charge is 0.496 e. The van der Waals surface area contributed by atoms with E-state index in [4.69, 9.17) is 9.47 Å². The van der Waals surface area contributed by atoms with Crippen LogP contribution in [0.1, 0.15) is 30.4 Å². The normalized spacial score (nSPS) is 18.8. The van der Waals surface area contributed by atoms with Crippen LogP contribution in [0.2, 0.25) is 0 Å². The molecule has 5 rings (SSSR count). The van der Waals surface area contributed by atoms with E-state index < -0.39 is 80.5 Å². The summed E-state index contributed by atoms with van der Waals surface area (Å²) in [5.74, 6) is -5.22. The summed E-state index contributed by atoms with van der Waals surface area (Å²) in [7, 11) is 2.88. The summed E-state index contributed by atoms with van der Waals surface area (Å²) >= 11 is 0. The van der Waals surface area contributed by atoms with Crippen molar-refractivity contribution in [3.63, 3.8) is 0 Å². The second kappa shape index (κ2) is 14.4. The van der Waals surface area contributed by atoms with Crippen molar-refractivity contribution in [2.45, 2.75) is 56.5 Å². The molecule has 0 radical (unpaired) electrons. The summed E-state index contributed by atoms with van der Waals surface area (Å²) in [6.45, 7) is -2.66. The van der Waals surface area contributed by atoms with Crippen LogP contribution < -0.4 is 14.8 Å². The molecule has 0 aromatic heterocycles. The van der Waals surface area contributed by atoms with Crippen molar-refractivity contribution in [1.29, 1.82) is 0 Å². The van der Waals surface area contributed by atoms with Crippen molar-refractivity contribution >= 4 is 22.6 Å². The Hall–Kier alpha value is -4.18. The van der Waals surface area contributed by atoms with Crippen LogP contribution >= 0.6 is 0 Å². The monoisotopic (exact) mass is 731 g/mol.